The molecule has 1 amide bonds. The number of amides is 1. The smallest absolute Gasteiger partial charge is 0.286 e. The molecular weight excluding hydrogens is 414 g/mol. The fourth-order valence-corrected chi connectivity index (χ4v) is 6.15. The summed E-state index contributed by atoms with van der Waals surface area (Å²) >= 11 is 0. The van der Waals surface area contributed by atoms with E-state index >= 15 is 0 Å². The molecule has 172 valence electrons. The van der Waals surface area contributed by atoms with Gasteiger partial charge in [-0.25, -0.2) is 0 Å². The van der Waals surface area contributed by atoms with Crippen LogP contribution in [0.15, 0.2) is 18.2 Å². The maximum atomic E-state index is 14.7. The molecule has 2 N–H and O–H groups in total. The molecular formula is C24H30F2N4O2. The topological polar surface area (TPSA) is 73.4 Å². The lowest BCUT2D eigenvalue weighted by Gasteiger charge is -2.29. The molecule has 3 unspecified atom stereocenters. The van der Waals surface area contributed by atoms with Crippen molar-refractivity contribution in [1.82, 2.24) is 14.7 Å². The van der Waals surface area contributed by atoms with Crippen LogP contribution in [0.25, 0.3) is 0 Å². The first-order chi connectivity index (χ1) is 15.2. The molecule has 2 fully saturated rings. The van der Waals surface area contributed by atoms with Gasteiger partial charge in [0.2, 0.25) is 5.91 Å². The molecule has 8 heteroatoms. The van der Waals surface area contributed by atoms with Crippen LogP contribution in [-0.4, -0.2) is 40.3 Å². The van der Waals surface area contributed by atoms with Gasteiger partial charge >= 0.3 is 0 Å². The van der Waals surface area contributed by atoms with Gasteiger partial charge in [0, 0.05) is 31.0 Å². The van der Waals surface area contributed by atoms with E-state index < -0.39 is 5.92 Å². The predicted molar refractivity (Wildman–Crippen MR) is 116 cm³/mol. The van der Waals surface area contributed by atoms with Crippen molar-refractivity contribution in [2.24, 2.45) is 5.73 Å². The number of alkyl halides is 2. The van der Waals surface area contributed by atoms with E-state index in [1.807, 2.05) is 25.1 Å². The average molecular weight is 445 g/mol. The van der Waals surface area contributed by atoms with Crippen molar-refractivity contribution in [2.75, 3.05) is 13.7 Å². The Balaban J connectivity index is 1.47. The second-order valence-corrected chi connectivity index (χ2v) is 9.56. The van der Waals surface area contributed by atoms with Crippen molar-refractivity contribution < 1.29 is 18.3 Å². The molecule has 2 aromatic rings. The van der Waals surface area contributed by atoms with Gasteiger partial charge in [-0.3, -0.25) is 9.48 Å². The number of nitrogens with zero attached hydrogens (tertiary/aromatic N) is 3. The summed E-state index contributed by atoms with van der Waals surface area (Å²) in [7, 11) is 1.61. The number of benzene rings is 1. The fraction of sp³-hybridized carbons (Fsp3) is 0.583. The van der Waals surface area contributed by atoms with E-state index in [9.17, 15) is 13.6 Å². The van der Waals surface area contributed by atoms with Gasteiger partial charge in [-0.05, 0) is 55.7 Å². The normalized spacial score (nSPS) is 26.6. The minimum Gasteiger partial charge on any atom is -0.496 e. The van der Waals surface area contributed by atoms with E-state index in [4.69, 9.17) is 10.5 Å². The Kier molecular flexibility index (Phi) is 5.04. The number of hydrogen-bond donors (Lipinski definition) is 1. The minimum absolute atomic E-state index is 0.0781. The SMILES string of the molecule is COc1cccc(C2[C@H](N)CCN2C(=O)Cn2nc3c(c2C(C)(F)F)C2CCC3C2)c1C. The zero-order valence-corrected chi connectivity index (χ0v) is 18.8. The third kappa shape index (κ3) is 3.22. The number of aromatic nitrogens is 2. The molecule has 2 aliphatic carbocycles. The van der Waals surface area contributed by atoms with Crippen LogP contribution in [0.3, 0.4) is 0 Å². The predicted octanol–water partition coefficient (Wildman–Crippen LogP) is 3.98. The summed E-state index contributed by atoms with van der Waals surface area (Å²) in [4.78, 5) is 15.2. The summed E-state index contributed by atoms with van der Waals surface area (Å²) in [6.07, 6.45) is 3.49. The van der Waals surface area contributed by atoms with Crippen molar-refractivity contribution in [3.8, 4) is 5.75 Å². The number of methoxy groups -OCH3 is 1. The molecule has 0 radical (unpaired) electrons. The zero-order valence-electron chi connectivity index (χ0n) is 18.8. The van der Waals surface area contributed by atoms with Crippen LogP contribution in [0.5, 0.6) is 5.75 Å². The molecule has 1 saturated heterocycles. The molecule has 2 heterocycles. The summed E-state index contributed by atoms with van der Waals surface area (Å²) in [5, 5.41) is 4.55. The Hall–Kier alpha value is -2.48. The molecule has 1 aliphatic heterocycles. The quantitative estimate of drug-likeness (QED) is 0.757. The second-order valence-electron chi connectivity index (χ2n) is 9.56. The number of likely N-dealkylation sites (tertiary alicyclic amines) is 1. The summed E-state index contributed by atoms with van der Waals surface area (Å²) in [5.74, 6) is -2.15. The lowest BCUT2D eigenvalue weighted by Crippen LogP contribution is -2.39. The largest absolute Gasteiger partial charge is 0.496 e. The molecule has 4 atom stereocenters. The monoisotopic (exact) mass is 444 g/mol. The van der Waals surface area contributed by atoms with Gasteiger partial charge < -0.3 is 15.4 Å². The molecule has 1 aromatic carbocycles. The molecule has 2 bridgehead atoms. The van der Waals surface area contributed by atoms with Crippen LogP contribution >= 0.6 is 0 Å². The minimum atomic E-state index is -3.05. The first kappa shape index (κ1) is 21.4. The van der Waals surface area contributed by atoms with Crippen LogP contribution in [0.4, 0.5) is 8.78 Å². The Morgan fingerprint density at radius 2 is 2.03 bits per heavy atom. The second kappa shape index (κ2) is 7.54. The van der Waals surface area contributed by atoms with E-state index in [0.717, 1.165) is 48.8 Å². The van der Waals surface area contributed by atoms with Crippen LogP contribution in [-0.2, 0) is 17.3 Å². The van der Waals surface area contributed by atoms with Crippen molar-refractivity contribution in [3.05, 3.63) is 46.3 Å². The summed E-state index contributed by atoms with van der Waals surface area (Å²) in [5.41, 5.74) is 9.69. The van der Waals surface area contributed by atoms with Gasteiger partial charge in [-0.15, -0.1) is 0 Å². The van der Waals surface area contributed by atoms with Gasteiger partial charge in [0.25, 0.3) is 5.92 Å². The number of halogens is 2. The molecule has 0 spiro atoms. The Labute approximate surface area is 186 Å². The maximum absolute atomic E-state index is 14.7. The summed E-state index contributed by atoms with van der Waals surface area (Å²) < 4.78 is 36.1. The van der Waals surface area contributed by atoms with E-state index in [0.29, 0.717) is 18.5 Å². The lowest BCUT2D eigenvalue weighted by atomic mass is 9.94. The van der Waals surface area contributed by atoms with Crippen molar-refractivity contribution in [1.29, 1.82) is 0 Å². The number of fused-ring (bicyclic) bond motifs is 5. The first-order valence-corrected chi connectivity index (χ1v) is 11.4. The van der Waals surface area contributed by atoms with Gasteiger partial charge in [-0.2, -0.15) is 13.9 Å². The van der Waals surface area contributed by atoms with Crippen molar-refractivity contribution >= 4 is 5.91 Å². The van der Waals surface area contributed by atoms with Crippen LogP contribution in [0.1, 0.15) is 78.6 Å². The molecule has 3 aliphatic rings. The van der Waals surface area contributed by atoms with E-state index in [-0.39, 0.29) is 42.1 Å². The highest BCUT2D eigenvalue weighted by Gasteiger charge is 2.47. The highest BCUT2D eigenvalue weighted by molar-refractivity contribution is 5.77. The average Bonchev–Trinajstić information content (AvgIpc) is 3.48. The van der Waals surface area contributed by atoms with Crippen molar-refractivity contribution in [2.45, 2.75) is 75.9 Å². The molecule has 1 saturated carbocycles. The van der Waals surface area contributed by atoms with E-state index in [1.54, 1.807) is 12.0 Å². The first-order valence-electron chi connectivity index (χ1n) is 11.4. The third-order valence-corrected chi connectivity index (χ3v) is 7.58. The number of carbonyl (C=O) groups is 1. The van der Waals surface area contributed by atoms with Crippen LogP contribution < -0.4 is 10.5 Å². The maximum Gasteiger partial charge on any atom is 0.286 e. The van der Waals surface area contributed by atoms with Crippen molar-refractivity contribution in [3.63, 3.8) is 0 Å². The molecule has 6 nitrogen and oxygen atoms in total. The number of hydrogen-bond acceptors (Lipinski definition) is 4. The molecule has 5 rings (SSSR count). The number of nitrogens with two attached hydrogens (primary N) is 1. The van der Waals surface area contributed by atoms with Crippen LogP contribution in [0.2, 0.25) is 0 Å². The molecule has 32 heavy (non-hydrogen) atoms. The Morgan fingerprint density at radius 3 is 2.75 bits per heavy atom. The number of rotatable bonds is 5. The highest BCUT2D eigenvalue weighted by atomic mass is 19.3. The van der Waals surface area contributed by atoms with Gasteiger partial charge in [0.05, 0.1) is 18.8 Å². The summed E-state index contributed by atoms with van der Waals surface area (Å²) in [6.45, 7) is 3.15. The lowest BCUT2D eigenvalue weighted by molar-refractivity contribution is -0.133. The van der Waals surface area contributed by atoms with Gasteiger partial charge in [0.1, 0.15) is 18.0 Å². The van der Waals surface area contributed by atoms with Gasteiger partial charge in [0.15, 0.2) is 0 Å². The highest BCUT2D eigenvalue weighted by Crippen LogP contribution is 2.55. The van der Waals surface area contributed by atoms with Gasteiger partial charge in [-0.1, -0.05) is 12.1 Å². The van der Waals surface area contributed by atoms with Crippen LogP contribution in [0, 0.1) is 6.92 Å². The fourth-order valence-electron chi connectivity index (χ4n) is 6.15. The number of ether oxygens (including phenoxy) is 1. The summed E-state index contributed by atoms with van der Waals surface area (Å²) in [6, 6.07) is 5.18. The third-order valence-electron chi connectivity index (χ3n) is 7.58. The molecule has 1 aromatic heterocycles. The zero-order chi connectivity index (χ0) is 22.8. The standard InChI is InChI=1S/C24H30F2N4O2/c1-13-16(5-4-6-18(13)32-3)22-17(27)9-10-29(22)19(31)12-30-23(24(2,25)26)20-14-7-8-15(11-14)21(20)28-30/h4-6,14-15,17,22H,7-12,27H2,1-3H3/t14?,15?,17-,22?/m1/s1. The van der Waals surface area contributed by atoms with E-state index in [2.05, 4.69) is 5.10 Å². The Morgan fingerprint density at radius 1 is 1.28 bits per heavy atom. The van der Waals surface area contributed by atoms with E-state index in [1.165, 1.54) is 4.68 Å². The Bertz CT molecular complexity index is 1060. The number of carbonyl (C=O) groups excluding carboxylic acids is 1.